The summed E-state index contributed by atoms with van der Waals surface area (Å²) in [6.07, 6.45) is 0.0930. The summed E-state index contributed by atoms with van der Waals surface area (Å²) in [5.74, 6) is -0.112. The van der Waals surface area contributed by atoms with Crippen LogP contribution < -0.4 is 10.1 Å². The van der Waals surface area contributed by atoms with Gasteiger partial charge in [0.1, 0.15) is 5.75 Å². The van der Waals surface area contributed by atoms with E-state index in [1.165, 1.54) is 11.3 Å². The van der Waals surface area contributed by atoms with Gasteiger partial charge in [-0.1, -0.05) is 12.1 Å². The van der Waals surface area contributed by atoms with E-state index in [1.54, 1.807) is 30.5 Å². The lowest BCUT2D eigenvalue weighted by Gasteiger charge is -2.08. The first-order chi connectivity index (χ1) is 11.1. The molecule has 1 heterocycles. The molecule has 1 aromatic heterocycles. The van der Waals surface area contributed by atoms with Crippen molar-refractivity contribution in [2.45, 2.75) is 20.3 Å². The molecule has 23 heavy (non-hydrogen) atoms. The number of nitrogens with one attached hydrogen (secondary N) is 1. The summed E-state index contributed by atoms with van der Waals surface area (Å²) in [7, 11) is 0. The Kier molecular flexibility index (Phi) is 6.10. The lowest BCUT2D eigenvalue weighted by Crippen LogP contribution is -2.14. The van der Waals surface area contributed by atoms with Gasteiger partial charge in [-0.05, 0) is 26.0 Å². The van der Waals surface area contributed by atoms with Gasteiger partial charge in [-0.15, -0.1) is 11.3 Å². The maximum Gasteiger partial charge on any atom is 0.311 e. The number of hydrogen-bond acceptors (Lipinski definition) is 6. The van der Waals surface area contributed by atoms with E-state index in [1.807, 2.05) is 13.0 Å². The Morgan fingerprint density at radius 3 is 2.74 bits per heavy atom. The first-order valence-electron chi connectivity index (χ1n) is 7.27. The Morgan fingerprint density at radius 1 is 1.22 bits per heavy atom. The summed E-state index contributed by atoms with van der Waals surface area (Å²) in [5, 5.41) is 4.87. The van der Waals surface area contributed by atoms with Crippen molar-refractivity contribution in [2.75, 3.05) is 18.5 Å². The van der Waals surface area contributed by atoms with Gasteiger partial charge >= 0.3 is 5.97 Å². The van der Waals surface area contributed by atoms with E-state index < -0.39 is 0 Å². The molecule has 1 amide bonds. The molecule has 0 atom stereocenters. The highest BCUT2D eigenvalue weighted by atomic mass is 32.1. The minimum Gasteiger partial charge on any atom is -0.493 e. The van der Waals surface area contributed by atoms with E-state index in [-0.39, 0.29) is 18.3 Å². The van der Waals surface area contributed by atoms with E-state index in [2.05, 4.69) is 10.3 Å². The summed E-state index contributed by atoms with van der Waals surface area (Å²) >= 11 is 1.26. The summed E-state index contributed by atoms with van der Waals surface area (Å²) in [4.78, 5) is 28.0. The highest BCUT2D eigenvalue weighted by molar-refractivity contribution is 7.14. The van der Waals surface area contributed by atoms with Crippen LogP contribution >= 0.6 is 11.3 Å². The van der Waals surface area contributed by atoms with Crippen molar-refractivity contribution in [1.82, 2.24) is 4.98 Å². The monoisotopic (exact) mass is 334 g/mol. The van der Waals surface area contributed by atoms with Gasteiger partial charge in [-0.3, -0.25) is 14.9 Å². The van der Waals surface area contributed by atoms with Crippen LogP contribution in [0.3, 0.4) is 0 Å². The molecule has 0 saturated carbocycles. The molecule has 0 aliphatic rings. The van der Waals surface area contributed by atoms with Crippen molar-refractivity contribution in [3.05, 3.63) is 40.9 Å². The third-order valence-corrected chi connectivity index (χ3v) is 3.64. The van der Waals surface area contributed by atoms with E-state index in [4.69, 9.17) is 9.47 Å². The van der Waals surface area contributed by atoms with Crippen LogP contribution in [0.25, 0.3) is 0 Å². The smallest absolute Gasteiger partial charge is 0.311 e. The Balaban J connectivity index is 2.04. The van der Waals surface area contributed by atoms with E-state index in [0.29, 0.717) is 35.4 Å². The van der Waals surface area contributed by atoms with Crippen molar-refractivity contribution in [1.29, 1.82) is 0 Å². The number of nitrogens with zero attached hydrogens (tertiary/aromatic N) is 1. The average molecular weight is 334 g/mol. The number of carbonyl (C=O) groups excluding carboxylic acids is 2. The van der Waals surface area contributed by atoms with Crippen LogP contribution in [0.4, 0.5) is 5.13 Å². The number of thiazole rings is 1. The van der Waals surface area contributed by atoms with Crippen LogP contribution in [0, 0.1) is 0 Å². The van der Waals surface area contributed by atoms with Crippen molar-refractivity contribution < 1.29 is 19.1 Å². The number of rotatable bonds is 7. The number of carbonyl (C=O) groups is 2. The highest BCUT2D eigenvalue weighted by Gasteiger charge is 2.14. The lowest BCUT2D eigenvalue weighted by molar-refractivity contribution is -0.142. The molecule has 0 aliphatic heterocycles. The normalized spacial score (nSPS) is 10.2. The molecule has 7 heteroatoms. The average Bonchev–Trinajstić information content (AvgIpc) is 2.95. The van der Waals surface area contributed by atoms with Crippen LogP contribution in [-0.4, -0.2) is 30.1 Å². The molecule has 122 valence electrons. The number of amides is 1. The molecule has 2 rings (SSSR count). The van der Waals surface area contributed by atoms with Crippen LogP contribution in [0.5, 0.6) is 5.75 Å². The number of benzene rings is 1. The minimum absolute atomic E-state index is 0.0930. The zero-order chi connectivity index (χ0) is 16.7. The van der Waals surface area contributed by atoms with Crippen molar-refractivity contribution in [3.8, 4) is 5.75 Å². The van der Waals surface area contributed by atoms with Gasteiger partial charge < -0.3 is 9.47 Å². The first kappa shape index (κ1) is 17.0. The fraction of sp³-hybridized carbons (Fsp3) is 0.312. The molecule has 0 saturated heterocycles. The van der Waals surface area contributed by atoms with Gasteiger partial charge in [-0.2, -0.15) is 0 Å². The first-order valence-corrected chi connectivity index (χ1v) is 8.15. The van der Waals surface area contributed by atoms with Gasteiger partial charge in [0.15, 0.2) is 5.13 Å². The molecule has 0 radical (unpaired) electrons. The third-order valence-electron chi connectivity index (χ3n) is 2.83. The van der Waals surface area contributed by atoms with E-state index in [0.717, 1.165) is 0 Å². The van der Waals surface area contributed by atoms with Crippen LogP contribution in [-0.2, 0) is 16.0 Å². The second-order valence-electron chi connectivity index (χ2n) is 4.51. The Hall–Kier alpha value is -2.41. The number of hydrogen-bond donors (Lipinski definition) is 1. The quantitative estimate of drug-likeness (QED) is 0.788. The fourth-order valence-corrected chi connectivity index (χ4v) is 2.61. The number of aromatic nitrogens is 1. The Morgan fingerprint density at radius 2 is 2.00 bits per heavy atom. The fourth-order valence-electron chi connectivity index (χ4n) is 1.91. The Bertz CT molecular complexity index is 684. The molecular weight excluding hydrogens is 316 g/mol. The maximum atomic E-state index is 12.3. The lowest BCUT2D eigenvalue weighted by atomic mass is 10.2. The predicted molar refractivity (Wildman–Crippen MR) is 88.0 cm³/mol. The molecule has 2 aromatic rings. The minimum atomic E-state index is -0.336. The summed E-state index contributed by atoms with van der Waals surface area (Å²) in [6.45, 7) is 4.42. The highest BCUT2D eigenvalue weighted by Crippen LogP contribution is 2.21. The number of para-hydroxylation sites is 1. The molecule has 1 aromatic carbocycles. The van der Waals surface area contributed by atoms with Gasteiger partial charge in [0, 0.05) is 5.38 Å². The van der Waals surface area contributed by atoms with Gasteiger partial charge in [0.25, 0.3) is 5.91 Å². The molecule has 0 aliphatic carbocycles. The molecule has 0 spiro atoms. The molecule has 6 nitrogen and oxygen atoms in total. The van der Waals surface area contributed by atoms with Crippen molar-refractivity contribution >= 4 is 28.3 Å². The molecule has 0 fully saturated rings. The zero-order valence-corrected chi connectivity index (χ0v) is 13.8. The van der Waals surface area contributed by atoms with Gasteiger partial charge in [-0.25, -0.2) is 4.98 Å². The summed E-state index contributed by atoms with van der Waals surface area (Å²) < 4.78 is 10.3. The summed E-state index contributed by atoms with van der Waals surface area (Å²) in [6, 6.07) is 7.01. The topological polar surface area (TPSA) is 77.5 Å². The molecule has 0 bridgehead atoms. The standard InChI is InChI=1S/C16H18N2O4S/c1-3-21-13-8-6-5-7-12(13)15(20)18-16-17-11(10-23-16)9-14(19)22-4-2/h5-8,10H,3-4,9H2,1-2H3,(H,17,18,20). The summed E-state index contributed by atoms with van der Waals surface area (Å²) in [5.41, 5.74) is 1.01. The number of ether oxygens (including phenoxy) is 2. The van der Waals surface area contributed by atoms with Crippen LogP contribution in [0.2, 0.25) is 0 Å². The van der Waals surface area contributed by atoms with E-state index >= 15 is 0 Å². The number of esters is 1. The second-order valence-corrected chi connectivity index (χ2v) is 5.37. The largest absolute Gasteiger partial charge is 0.493 e. The van der Waals surface area contributed by atoms with E-state index in [9.17, 15) is 9.59 Å². The SMILES string of the molecule is CCOC(=O)Cc1csc(NC(=O)c2ccccc2OCC)n1. The van der Waals surface area contributed by atoms with Crippen molar-refractivity contribution in [2.24, 2.45) is 0 Å². The second kappa shape index (κ2) is 8.28. The zero-order valence-electron chi connectivity index (χ0n) is 13.0. The van der Waals surface area contributed by atoms with Crippen LogP contribution in [0.15, 0.2) is 29.6 Å². The van der Waals surface area contributed by atoms with Crippen molar-refractivity contribution in [3.63, 3.8) is 0 Å². The molecular formula is C16H18N2O4S. The molecule has 0 unspecified atom stereocenters. The Labute approximate surface area is 138 Å². The van der Waals surface area contributed by atoms with Gasteiger partial charge in [0.05, 0.1) is 30.9 Å². The maximum absolute atomic E-state index is 12.3. The predicted octanol–water partition coefficient (Wildman–Crippen LogP) is 2.90. The van der Waals surface area contributed by atoms with Gasteiger partial charge in [0.2, 0.25) is 0 Å². The van der Waals surface area contributed by atoms with Crippen LogP contribution in [0.1, 0.15) is 29.9 Å². The molecule has 1 N–H and O–H groups in total. The number of anilines is 1. The third kappa shape index (κ3) is 4.79.